The molecule has 4 nitrogen and oxygen atoms in total. The van der Waals surface area contributed by atoms with Gasteiger partial charge in [0.2, 0.25) is 5.91 Å². The second-order valence-electron chi connectivity index (χ2n) is 5.39. The first-order valence-electron chi connectivity index (χ1n) is 7.31. The highest BCUT2D eigenvalue weighted by Gasteiger charge is 2.22. The molecule has 114 valence electrons. The van der Waals surface area contributed by atoms with E-state index in [4.69, 9.17) is 0 Å². The lowest BCUT2D eigenvalue weighted by molar-refractivity contribution is -0.132. The van der Waals surface area contributed by atoms with Crippen LogP contribution in [0.1, 0.15) is 17.7 Å². The maximum atomic E-state index is 12.5. The number of hydrogen-bond acceptors (Lipinski definition) is 4. The first-order valence-corrected chi connectivity index (χ1v) is 8.19. The number of carbonyl (C=O) groups excluding carboxylic acids is 2. The minimum atomic E-state index is 0.132. The van der Waals surface area contributed by atoms with Crippen LogP contribution in [-0.4, -0.2) is 48.2 Å². The molecule has 0 aromatic carbocycles. The molecule has 0 radical (unpaired) electrons. The molecule has 1 amide bonds. The van der Waals surface area contributed by atoms with Gasteiger partial charge in [-0.3, -0.25) is 9.69 Å². The number of thiophene rings is 1. The maximum Gasteiger partial charge on any atom is 0.237 e. The summed E-state index contributed by atoms with van der Waals surface area (Å²) in [5.41, 5.74) is 0. The van der Waals surface area contributed by atoms with Crippen molar-refractivity contribution in [2.24, 2.45) is 5.92 Å². The van der Waals surface area contributed by atoms with Crippen molar-refractivity contribution in [3.8, 4) is 0 Å². The maximum absolute atomic E-state index is 12.5. The highest BCUT2D eigenvalue weighted by atomic mass is 32.1. The molecule has 1 aromatic heterocycles. The van der Waals surface area contributed by atoms with Crippen molar-refractivity contribution in [1.82, 2.24) is 9.80 Å². The standard InChI is InChI=1S/C16H22N2O2S/c1-2-7-18(11-15-4-3-10-21-15)16(20)12-17-8-5-14(13-19)6-9-17/h2-4,10,13-14H,1,5-9,11-12H2. The van der Waals surface area contributed by atoms with Crippen LogP contribution in [0.2, 0.25) is 0 Å². The molecule has 0 aliphatic carbocycles. The molecule has 1 saturated heterocycles. The van der Waals surface area contributed by atoms with Gasteiger partial charge in [0.05, 0.1) is 13.1 Å². The second-order valence-corrected chi connectivity index (χ2v) is 6.42. The first-order chi connectivity index (χ1) is 10.2. The van der Waals surface area contributed by atoms with E-state index in [9.17, 15) is 9.59 Å². The predicted octanol–water partition coefficient (Wildman–Crippen LogP) is 2.17. The van der Waals surface area contributed by atoms with Gasteiger partial charge in [-0.15, -0.1) is 17.9 Å². The Morgan fingerprint density at radius 2 is 2.24 bits per heavy atom. The van der Waals surface area contributed by atoms with Gasteiger partial charge in [0.1, 0.15) is 6.29 Å². The normalized spacial score (nSPS) is 16.6. The van der Waals surface area contributed by atoms with E-state index in [1.807, 2.05) is 22.4 Å². The minimum absolute atomic E-state index is 0.132. The SMILES string of the molecule is C=CCN(Cc1cccs1)C(=O)CN1CCC(C=O)CC1. The smallest absolute Gasteiger partial charge is 0.237 e. The number of piperidine rings is 1. The summed E-state index contributed by atoms with van der Waals surface area (Å²) in [4.78, 5) is 28.4. The van der Waals surface area contributed by atoms with Gasteiger partial charge in [-0.25, -0.2) is 0 Å². The quantitative estimate of drug-likeness (QED) is 0.572. The molecule has 5 heteroatoms. The molecule has 2 rings (SSSR count). The Morgan fingerprint density at radius 1 is 1.48 bits per heavy atom. The molecule has 2 heterocycles. The molecular weight excluding hydrogens is 284 g/mol. The zero-order chi connectivity index (χ0) is 15.1. The minimum Gasteiger partial charge on any atom is -0.333 e. The van der Waals surface area contributed by atoms with Crippen LogP contribution in [0.5, 0.6) is 0 Å². The third-order valence-electron chi connectivity index (χ3n) is 3.81. The lowest BCUT2D eigenvalue weighted by Crippen LogP contribution is -2.43. The van der Waals surface area contributed by atoms with Crippen molar-refractivity contribution in [3.63, 3.8) is 0 Å². The van der Waals surface area contributed by atoms with E-state index in [1.165, 1.54) is 4.88 Å². The van der Waals surface area contributed by atoms with Crippen molar-refractivity contribution in [2.75, 3.05) is 26.2 Å². The van der Waals surface area contributed by atoms with Crippen LogP contribution in [0.3, 0.4) is 0 Å². The number of rotatable bonds is 7. The largest absolute Gasteiger partial charge is 0.333 e. The van der Waals surface area contributed by atoms with Gasteiger partial charge in [0.25, 0.3) is 0 Å². The summed E-state index contributed by atoms with van der Waals surface area (Å²) in [6.07, 6.45) is 4.54. The summed E-state index contributed by atoms with van der Waals surface area (Å²) in [7, 11) is 0. The Bertz CT molecular complexity index is 465. The summed E-state index contributed by atoms with van der Waals surface area (Å²) in [5.74, 6) is 0.305. The van der Waals surface area contributed by atoms with E-state index >= 15 is 0 Å². The summed E-state index contributed by atoms with van der Waals surface area (Å²) in [6.45, 7) is 7.05. The van der Waals surface area contributed by atoms with E-state index in [0.29, 0.717) is 19.6 Å². The molecule has 0 atom stereocenters. The fourth-order valence-electron chi connectivity index (χ4n) is 2.54. The van der Waals surface area contributed by atoms with Gasteiger partial charge in [0.15, 0.2) is 0 Å². The number of aldehydes is 1. The third kappa shape index (κ3) is 4.79. The average molecular weight is 306 g/mol. The van der Waals surface area contributed by atoms with Crippen LogP contribution in [-0.2, 0) is 16.1 Å². The molecule has 1 aliphatic rings. The molecule has 21 heavy (non-hydrogen) atoms. The molecular formula is C16H22N2O2S. The number of carbonyl (C=O) groups is 2. The van der Waals surface area contributed by atoms with Crippen molar-refractivity contribution < 1.29 is 9.59 Å². The molecule has 0 saturated carbocycles. The molecule has 0 unspecified atom stereocenters. The van der Waals surface area contributed by atoms with Crippen LogP contribution in [0, 0.1) is 5.92 Å². The van der Waals surface area contributed by atoms with Crippen LogP contribution >= 0.6 is 11.3 Å². The Kier molecular flexibility index (Phi) is 6.14. The zero-order valence-electron chi connectivity index (χ0n) is 12.2. The zero-order valence-corrected chi connectivity index (χ0v) is 13.1. The summed E-state index contributed by atoms with van der Waals surface area (Å²) < 4.78 is 0. The fraction of sp³-hybridized carbons (Fsp3) is 0.500. The van der Waals surface area contributed by atoms with E-state index in [-0.39, 0.29) is 11.8 Å². The van der Waals surface area contributed by atoms with Crippen LogP contribution in [0.4, 0.5) is 0 Å². The molecule has 1 fully saturated rings. The van der Waals surface area contributed by atoms with Gasteiger partial charge in [0, 0.05) is 17.3 Å². The monoisotopic (exact) mass is 306 g/mol. The first kappa shape index (κ1) is 15.9. The van der Waals surface area contributed by atoms with Crippen LogP contribution < -0.4 is 0 Å². The summed E-state index contributed by atoms with van der Waals surface area (Å²) in [6, 6.07) is 4.05. The Hall–Kier alpha value is -1.46. The highest BCUT2D eigenvalue weighted by molar-refractivity contribution is 7.09. The fourth-order valence-corrected chi connectivity index (χ4v) is 3.26. The third-order valence-corrected chi connectivity index (χ3v) is 4.67. The van der Waals surface area contributed by atoms with Crippen molar-refractivity contribution in [2.45, 2.75) is 19.4 Å². The molecule has 1 aromatic rings. The second kappa shape index (κ2) is 8.10. The Morgan fingerprint density at radius 3 is 2.81 bits per heavy atom. The van der Waals surface area contributed by atoms with E-state index in [0.717, 1.165) is 32.2 Å². The van der Waals surface area contributed by atoms with Crippen molar-refractivity contribution in [3.05, 3.63) is 35.0 Å². The Labute approximate surface area is 130 Å². The van der Waals surface area contributed by atoms with Gasteiger partial charge in [-0.1, -0.05) is 12.1 Å². The number of amides is 1. The van der Waals surface area contributed by atoms with Gasteiger partial charge < -0.3 is 9.69 Å². The van der Waals surface area contributed by atoms with Gasteiger partial charge in [-0.05, 0) is 37.4 Å². The van der Waals surface area contributed by atoms with Crippen LogP contribution in [0.25, 0.3) is 0 Å². The Balaban J connectivity index is 1.86. The predicted molar refractivity (Wildman–Crippen MR) is 85.2 cm³/mol. The molecule has 1 aliphatic heterocycles. The van der Waals surface area contributed by atoms with E-state index in [2.05, 4.69) is 11.5 Å². The van der Waals surface area contributed by atoms with E-state index < -0.39 is 0 Å². The number of hydrogen-bond donors (Lipinski definition) is 0. The van der Waals surface area contributed by atoms with Crippen LogP contribution in [0.15, 0.2) is 30.2 Å². The van der Waals surface area contributed by atoms with Gasteiger partial charge >= 0.3 is 0 Å². The molecule has 0 bridgehead atoms. The summed E-state index contributed by atoms with van der Waals surface area (Å²) in [5, 5.41) is 2.02. The molecule has 0 N–H and O–H groups in total. The molecule has 0 spiro atoms. The lowest BCUT2D eigenvalue weighted by atomic mass is 9.99. The van der Waals surface area contributed by atoms with Gasteiger partial charge in [-0.2, -0.15) is 0 Å². The van der Waals surface area contributed by atoms with E-state index in [1.54, 1.807) is 17.4 Å². The lowest BCUT2D eigenvalue weighted by Gasteiger charge is -2.31. The number of likely N-dealkylation sites (tertiary alicyclic amines) is 1. The summed E-state index contributed by atoms with van der Waals surface area (Å²) >= 11 is 1.66. The number of nitrogens with zero attached hydrogens (tertiary/aromatic N) is 2. The van der Waals surface area contributed by atoms with Crippen molar-refractivity contribution >= 4 is 23.5 Å². The van der Waals surface area contributed by atoms with Crippen molar-refractivity contribution in [1.29, 1.82) is 0 Å². The highest BCUT2D eigenvalue weighted by Crippen LogP contribution is 2.16. The average Bonchev–Trinajstić information content (AvgIpc) is 3.00. The topological polar surface area (TPSA) is 40.6 Å².